The number of rotatable bonds is 5. The molecule has 0 aliphatic carbocycles. The smallest absolute Gasteiger partial charge is 0.387 e. The predicted molar refractivity (Wildman–Crippen MR) is 125 cm³/mol. The fourth-order valence-corrected chi connectivity index (χ4v) is 3.84. The zero-order valence-electron chi connectivity index (χ0n) is 19.1. The van der Waals surface area contributed by atoms with Crippen LogP contribution in [0.5, 0.6) is 5.75 Å². The van der Waals surface area contributed by atoms with Crippen LogP contribution in [0.1, 0.15) is 44.0 Å². The van der Waals surface area contributed by atoms with Gasteiger partial charge in [-0.05, 0) is 57.9 Å². The van der Waals surface area contributed by atoms with Gasteiger partial charge in [0, 0.05) is 31.0 Å². The van der Waals surface area contributed by atoms with E-state index in [2.05, 4.69) is 19.5 Å². The minimum atomic E-state index is -2.91. The minimum absolute atomic E-state index is 0.167. The van der Waals surface area contributed by atoms with Crippen molar-refractivity contribution in [2.45, 2.75) is 45.0 Å². The Morgan fingerprint density at radius 1 is 1.18 bits per heavy atom. The van der Waals surface area contributed by atoms with Crippen LogP contribution >= 0.6 is 0 Å². The van der Waals surface area contributed by atoms with Crippen LogP contribution in [0.4, 0.5) is 18.9 Å². The number of carbonyl (C=O) groups excluding carboxylic acids is 1. The van der Waals surface area contributed by atoms with Crippen molar-refractivity contribution in [1.82, 2.24) is 14.3 Å². The number of anilines is 1. The third kappa shape index (κ3) is 6.72. The zero-order valence-corrected chi connectivity index (χ0v) is 19.9. The number of halogens is 3. The number of alkyl halides is 2. The number of nitrogens with one attached hydrogen (secondary N) is 1. The van der Waals surface area contributed by atoms with Gasteiger partial charge in [0.1, 0.15) is 22.6 Å². The van der Waals surface area contributed by atoms with Crippen molar-refractivity contribution >= 4 is 28.1 Å². The van der Waals surface area contributed by atoms with Gasteiger partial charge < -0.3 is 9.64 Å². The molecule has 2 aromatic heterocycles. The van der Waals surface area contributed by atoms with Gasteiger partial charge >= 0.3 is 6.61 Å². The summed E-state index contributed by atoms with van der Waals surface area (Å²) in [6, 6.07) is 8.60. The summed E-state index contributed by atoms with van der Waals surface area (Å²) >= 11 is 0. The highest BCUT2D eigenvalue weighted by atomic mass is 32.2. The fraction of sp³-hybridized carbons (Fsp3) is 0.391. The van der Waals surface area contributed by atoms with E-state index < -0.39 is 28.2 Å². The molecule has 11 heteroatoms. The maximum Gasteiger partial charge on any atom is 0.387 e. The highest BCUT2D eigenvalue weighted by molar-refractivity contribution is 7.85. The van der Waals surface area contributed by atoms with E-state index in [1.54, 1.807) is 4.52 Å². The first kappa shape index (κ1) is 25.5. The summed E-state index contributed by atoms with van der Waals surface area (Å²) in [6.45, 7) is 4.65. The van der Waals surface area contributed by atoms with Crippen molar-refractivity contribution in [3.63, 3.8) is 0 Å². The number of benzene rings is 1. The monoisotopic (exact) mass is 496 g/mol. The Labute approximate surface area is 198 Å². The summed E-state index contributed by atoms with van der Waals surface area (Å²) in [4.78, 5) is 14.7. The van der Waals surface area contributed by atoms with E-state index >= 15 is 0 Å². The molecule has 1 aliphatic rings. The molecule has 0 radical (unpaired) electrons. The molecule has 1 atom stereocenters. The van der Waals surface area contributed by atoms with Crippen molar-refractivity contribution in [3.05, 3.63) is 60.2 Å². The summed E-state index contributed by atoms with van der Waals surface area (Å²) in [7, 11) is -1.45. The van der Waals surface area contributed by atoms with E-state index in [0.717, 1.165) is 36.4 Å². The number of amides is 1. The van der Waals surface area contributed by atoms with Gasteiger partial charge in [0.15, 0.2) is 0 Å². The maximum atomic E-state index is 12.4. The molecule has 0 saturated carbocycles. The average Bonchev–Trinajstić information content (AvgIpc) is 3.42. The maximum absolute atomic E-state index is 12.4. The Morgan fingerprint density at radius 2 is 1.88 bits per heavy atom. The normalized spacial score (nSPS) is 14.6. The standard InChI is InChI=1S/C16H22N4O2S.C7H5F3O/c1-16(2,3)23(22)18-15(21)13-11-17-20-9-6-12(10-14(13)20)19-7-4-5-8-19;8-5-2-1-3-6(4-5)11-7(9)10/h6,9-11H,4-5,7-8H2,1-3H3,(H,18,21);1-4,7H. The number of hydrogen-bond acceptors (Lipinski definition) is 5. The molecule has 1 saturated heterocycles. The van der Waals surface area contributed by atoms with E-state index in [0.29, 0.717) is 5.56 Å². The number of fused-ring (bicyclic) bond motifs is 1. The summed E-state index contributed by atoms with van der Waals surface area (Å²) in [6.07, 6.45) is 5.78. The van der Waals surface area contributed by atoms with Crippen LogP contribution in [0.3, 0.4) is 0 Å². The van der Waals surface area contributed by atoms with Crippen LogP contribution in [0, 0.1) is 5.82 Å². The van der Waals surface area contributed by atoms with E-state index in [1.807, 2.05) is 39.1 Å². The van der Waals surface area contributed by atoms with Crippen LogP contribution < -0.4 is 14.4 Å². The van der Waals surface area contributed by atoms with Crippen LogP contribution in [-0.4, -0.2) is 44.2 Å². The first-order chi connectivity index (χ1) is 16.0. The molecule has 1 aromatic carbocycles. The number of pyridine rings is 1. The van der Waals surface area contributed by atoms with Crippen molar-refractivity contribution < 1.29 is 26.9 Å². The second-order valence-corrected chi connectivity index (χ2v) is 10.6. The molecule has 1 N–H and O–H groups in total. The zero-order chi connectivity index (χ0) is 24.9. The molecule has 34 heavy (non-hydrogen) atoms. The van der Waals surface area contributed by atoms with Gasteiger partial charge in [0.25, 0.3) is 5.91 Å². The quantitative estimate of drug-likeness (QED) is 0.561. The number of hydrogen-bond donors (Lipinski definition) is 1. The molecular weight excluding hydrogens is 469 g/mol. The second kappa shape index (κ2) is 10.9. The first-order valence-electron chi connectivity index (χ1n) is 10.7. The Balaban J connectivity index is 0.000000248. The molecular formula is C23H27F3N4O3S. The number of ether oxygens (including phenoxy) is 1. The largest absolute Gasteiger partial charge is 0.435 e. The van der Waals surface area contributed by atoms with Crippen LogP contribution in [-0.2, 0) is 11.0 Å². The Morgan fingerprint density at radius 3 is 2.50 bits per heavy atom. The third-order valence-electron chi connectivity index (χ3n) is 4.98. The van der Waals surface area contributed by atoms with E-state index in [1.165, 1.54) is 31.2 Å². The Kier molecular flexibility index (Phi) is 8.19. The van der Waals surface area contributed by atoms with Gasteiger partial charge in [-0.15, -0.1) is 0 Å². The predicted octanol–water partition coefficient (Wildman–Crippen LogP) is 4.55. The summed E-state index contributed by atoms with van der Waals surface area (Å²) in [5.41, 5.74) is 2.28. The van der Waals surface area contributed by atoms with Gasteiger partial charge in [0.05, 0.1) is 22.0 Å². The minimum Gasteiger partial charge on any atom is -0.435 e. The number of carbonyl (C=O) groups is 1. The third-order valence-corrected chi connectivity index (χ3v) is 6.47. The molecule has 1 unspecified atom stereocenters. The van der Waals surface area contributed by atoms with Gasteiger partial charge in [0.2, 0.25) is 0 Å². The highest BCUT2D eigenvalue weighted by Gasteiger charge is 2.24. The molecule has 1 amide bonds. The van der Waals surface area contributed by atoms with Gasteiger partial charge in [-0.1, -0.05) is 6.07 Å². The van der Waals surface area contributed by atoms with Crippen LogP contribution in [0.25, 0.3) is 5.52 Å². The molecule has 3 heterocycles. The first-order valence-corrected chi connectivity index (χ1v) is 11.8. The second-order valence-electron chi connectivity index (χ2n) is 8.62. The SMILES string of the molecule is CC(C)(C)S(=O)NC(=O)c1cnn2ccc(N3CCCC3)cc12.Fc1cccc(OC(F)F)c1. The number of aromatic nitrogens is 2. The van der Waals surface area contributed by atoms with E-state index in [-0.39, 0.29) is 11.7 Å². The van der Waals surface area contributed by atoms with Crippen molar-refractivity contribution in [3.8, 4) is 5.75 Å². The lowest BCUT2D eigenvalue weighted by Crippen LogP contribution is -2.37. The van der Waals surface area contributed by atoms with Gasteiger partial charge in [-0.2, -0.15) is 13.9 Å². The lowest BCUT2D eigenvalue weighted by Gasteiger charge is -2.18. The molecule has 1 fully saturated rings. The lowest BCUT2D eigenvalue weighted by atomic mass is 10.2. The molecule has 7 nitrogen and oxygen atoms in total. The lowest BCUT2D eigenvalue weighted by molar-refractivity contribution is -0.0500. The van der Waals surface area contributed by atoms with Gasteiger partial charge in [-0.25, -0.2) is 13.1 Å². The molecule has 184 valence electrons. The van der Waals surface area contributed by atoms with Crippen LogP contribution in [0.2, 0.25) is 0 Å². The molecule has 0 spiro atoms. The van der Waals surface area contributed by atoms with Crippen molar-refractivity contribution in [1.29, 1.82) is 0 Å². The van der Waals surface area contributed by atoms with Crippen LogP contribution in [0.15, 0.2) is 48.8 Å². The molecule has 4 rings (SSSR count). The van der Waals surface area contributed by atoms with Crippen molar-refractivity contribution in [2.24, 2.45) is 0 Å². The molecule has 1 aliphatic heterocycles. The summed E-state index contributed by atoms with van der Waals surface area (Å²) in [5.74, 6) is -1.12. The summed E-state index contributed by atoms with van der Waals surface area (Å²) in [5, 5.41) is 4.22. The molecule has 3 aromatic rings. The Bertz CT molecular complexity index is 1160. The topological polar surface area (TPSA) is 75.9 Å². The summed E-state index contributed by atoms with van der Waals surface area (Å²) < 4.78 is 55.1. The Hall–Kier alpha value is -3.08. The fourth-order valence-electron chi connectivity index (χ4n) is 3.25. The van der Waals surface area contributed by atoms with E-state index in [9.17, 15) is 22.2 Å². The highest BCUT2D eigenvalue weighted by Crippen LogP contribution is 2.23. The average molecular weight is 497 g/mol. The van der Waals surface area contributed by atoms with Crippen molar-refractivity contribution in [2.75, 3.05) is 18.0 Å². The molecule has 0 bridgehead atoms. The van der Waals surface area contributed by atoms with E-state index in [4.69, 9.17) is 0 Å². The van der Waals surface area contributed by atoms with Gasteiger partial charge in [-0.3, -0.25) is 9.52 Å². The number of nitrogens with zero attached hydrogens (tertiary/aromatic N) is 3.